The number of phenols is 1. The minimum atomic E-state index is -0.282. The van der Waals surface area contributed by atoms with E-state index in [-0.39, 0.29) is 11.6 Å². The maximum Gasteiger partial charge on any atom is 0.126 e. The van der Waals surface area contributed by atoms with Gasteiger partial charge >= 0.3 is 0 Å². The number of hydrogen-bond acceptors (Lipinski definition) is 1. The van der Waals surface area contributed by atoms with E-state index in [4.69, 9.17) is 11.6 Å². The zero-order valence-electron chi connectivity index (χ0n) is 9.37. The zero-order valence-corrected chi connectivity index (χ0v) is 10.1. The molecule has 0 saturated heterocycles. The van der Waals surface area contributed by atoms with E-state index in [1.165, 1.54) is 12.1 Å². The van der Waals surface area contributed by atoms with Gasteiger partial charge in [0.25, 0.3) is 0 Å². The highest BCUT2D eigenvalue weighted by Gasteiger charge is 2.05. The number of halogens is 2. The average Bonchev–Trinajstić information content (AvgIpc) is 2.22. The molecule has 0 amide bonds. The third kappa shape index (κ3) is 2.98. The molecular weight excluding hydrogens is 239 g/mol. The minimum Gasteiger partial charge on any atom is -0.508 e. The highest BCUT2D eigenvalue weighted by molar-refractivity contribution is 6.30. The van der Waals surface area contributed by atoms with Crippen molar-refractivity contribution in [2.24, 2.45) is 0 Å². The second kappa shape index (κ2) is 4.76. The van der Waals surface area contributed by atoms with Crippen molar-refractivity contribution in [3.05, 3.63) is 63.9 Å². The lowest BCUT2D eigenvalue weighted by Crippen LogP contribution is -1.93. The monoisotopic (exact) mass is 250 g/mol. The maximum atomic E-state index is 13.5. The first kappa shape index (κ1) is 11.9. The van der Waals surface area contributed by atoms with Crippen molar-refractivity contribution in [3.63, 3.8) is 0 Å². The van der Waals surface area contributed by atoms with Gasteiger partial charge < -0.3 is 5.11 Å². The van der Waals surface area contributed by atoms with E-state index in [2.05, 4.69) is 0 Å². The van der Waals surface area contributed by atoms with Crippen molar-refractivity contribution < 1.29 is 9.50 Å². The molecule has 0 spiro atoms. The number of aromatic hydroxyl groups is 1. The van der Waals surface area contributed by atoms with Crippen LogP contribution in [0.2, 0.25) is 5.02 Å². The Labute approximate surface area is 104 Å². The van der Waals surface area contributed by atoms with Gasteiger partial charge in [-0.3, -0.25) is 0 Å². The minimum absolute atomic E-state index is 0.197. The fourth-order valence-electron chi connectivity index (χ4n) is 1.84. The molecular formula is C14H12ClFO. The molecule has 2 rings (SSSR count). The quantitative estimate of drug-likeness (QED) is 0.851. The summed E-state index contributed by atoms with van der Waals surface area (Å²) >= 11 is 5.83. The highest BCUT2D eigenvalue weighted by Crippen LogP contribution is 2.21. The summed E-state index contributed by atoms with van der Waals surface area (Å²) in [5.41, 5.74) is 2.34. The van der Waals surface area contributed by atoms with Crippen LogP contribution in [0.5, 0.6) is 5.75 Å². The molecule has 0 bridgehead atoms. The Morgan fingerprint density at radius 2 is 1.94 bits per heavy atom. The molecule has 0 aromatic heterocycles. The molecule has 2 aromatic rings. The fourth-order valence-corrected chi connectivity index (χ4v) is 2.04. The summed E-state index contributed by atoms with van der Waals surface area (Å²) in [6, 6.07) is 9.70. The van der Waals surface area contributed by atoms with E-state index in [1.807, 2.05) is 13.0 Å². The van der Waals surface area contributed by atoms with Gasteiger partial charge in [0.05, 0.1) is 0 Å². The van der Waals surface area contributed by atoms with Gasteiger partial charge in [0.1, 0.15) is 11.6 Å². The highest BCUT2D eigenvalue weighted by atomic mass is 35.5. The molecule has 0 saturated carbocycles. The van der Waals surface area contributed by atoms with Crippen LogP contribution in [-0.4, -0.2) is 5.11 Å². The Kier molecular flexibility index (Phi) is 3.34. The number of rotatable bonds is 2. The van der Waals surface area contributed by atoms with Crippen LogP contribution >= 0.6 is 11.6 Å². The van der Waals surface area contributed by atoms with Gasteiger partial charge in [0.2, 0.25) is 0 Å². The molecule has 0 radical (unpaired) electrons. The first-order valence-corrected chi connectivity index (χ1v) is 5.66. The molecule has 3 heteroatoms. The van der Waals surface area contributed by atoms with Gasteiger partial charge in [-0.2, -0.15) is 0 Å². The zero-order chi connectivity index (χ0) is 12.4. The molecule has 88 valence electrons. The van der Waals surface area contributed by atoms with Gasteiger partial charge in [0, 0.05) is 11.4 Å². The first-order chi connectivity index (χ1) is 8.04. The van der Waals surface area contributed by atoms with Gasteiger partial charge in [0.15, 0.2) is 0 Å². The molecule has 0 aliphatic carbocycles. The number of benzene rings is 2. The van der Waals surface area contributed by atoms with Crippen molar-refractivity contribution >= 4 is 11.6 Å². The van der Waals surface area contributed by atoms with Crippen LogP contribution < -0.4 is 0 Å². The summed E-state index contributed by atoms with van der Waals surface area (Å²) < 4.78 is 13.5. The lowest BCUT2D eigenvalue weighted by molar-refractivity contribution is 0.474. The van der Waals surface area contributed by atoms with E-state index in [9.17, 15) is 9.50 Å². The smallest absolute Gasteiger partial charge is 0.126 e. The molecule has 1 N–H and O–H groups in total. The van der Waals surface area contributed by atoms with Gasteiger partial charge in [-0.25, -0.2) is 4.39 Å². The average molecular weight is 251 g/mol. The Morgan fingerprint density at radius 3 is 2.65 bits per heavy atom. The molecule has 0 fully saturated rings. The van der Waals surface area contributed by atoms with E-state index in [0.29, 0.717) is 17.0 Å². The third-order valence-electron chi connectivity index (χ3n) is 2.52. The number of phenolic OH excluding ortho intramolecular Hbond substituents is 1. The van der Waals surface area contributed by atoms with Crippen LogP contribution in [0.4, 0.5) is 4.39 Å². The fraction of sp³-hybridized carbons (Fsp3) is 0.143. The van der Waals surface area contributed by atoms with Crippen LogP contribution in [0, 0.1) is 12.7 Å². The van der Waals surface area contributed by atoms with Crippen LogP contribution in [0.15, 0.2) is 36.4 Å². The van der Waals surface area contributed by atoms with Crippen molar-refractivity contribution in [2.45, 2.75) is 13.3 Å². The third-order valence-corrected chi connectivity index (χ3v) is 2.76. The van der Waals surface area contributed by atoms with Crippen LogP contribution in [0.25, 0.3) is 0 Å². The summed E-state index contributed by atoms with van der Waals surface area (Å²) in [5.74, 6) is -0.0853. The van der Waals surface area contributed by atoms with Gasteiger partial charge in [-0.05, 0) is 53.9 Å². The van der Waals surface area contributed by atoms with Gasteiger partial charge in [-0.15, -0.1) is 0 Å². The molecule has 1 nitrogen and oxygen atoms in total. The Balaban J connectivity index is 2.34. The Bertz CT molecular complexity index is 532. The summed E-state index contributed by atoms with van der Waals surface area (Å²) in [6.07, 6.45) is 0.418. The van der Waals surface area contributed by atoms with Crippen molar-refractivity contribution in [1.82, 2.24) is 0 Å². The van der Waals surface area contributed by atoms with Gasteiger partial charge in [-0.1, -0.05) is 17.7 Å². The van der Waals surface area contributed by atoms with Crippen LogP contribution in [-0.2, 0) is 6.42 Å². The summed E-state index contributed by atoms with van der Waals surface area (Å²) in [4.78, 5) is 0. The normalized spacial score (nSPS) is 10.5. The Hall–Kier alpha value is -1.54. The second-order valence-electron chi connectivity index (χ2n) is 4.09. The largest absolute Gasteiger partial charge is 0.508 e. The standard InChI is InChI=1S/C14H12ClFO/c1-9-4-10(7-13(17)5-9)6-11-8-12(15)2-3-14(11)16/h2-5,7-8,17H,6H2,1H3. The van der Waals surface area contributed by atoms with Crippen LogP contribution in [0.3, 0.4) is 0 Å². The second-order valence-corrected chi connectivity index (χ2v) is 4.53. The number of hydrogen-bond donors (Lipinski definition) is 1. The molecule has 0 heterocycles. The molecule has 0 aliphatic heterocycles. The summed E-state index contributed by atoms with van der Waals surface area (Å²) in [7, 11) is 0. The molecule has 2 aromatic carbocycles. The van der Waals surface area contributed by atoms with Crippen molar-refractivity contribution in [1.29, 1.82) is 0 Å². The van der Waals surface area contributed by atoms with E-state index in [1.54, 1.807) is 18.2 Å². The first-order valence-electron chi connectivity index (χ1n) is 5.28. The lowest BCUT2D eigenvalue weighted by Gasteiger charge is -2.06. The SMILES string of the molecule is Cc1cc(O)cc(Cc2cc(Cl)ccc2F)c1. The molecule has 17 heavy (non-hydrogen) atoms. The van der Waals surface area contributed by atoms with Crippen molar-refractivity contribution in [3.8, 4) is 5.75 Å². The van der Waals surface area contributed by atoms with E-state index in [0.717, 1.165) is 11.1 Å². The van der Waals surface area contributed by atoms with E-state index < -0.39 is 0 Å². The van der Waals surface area contributed by atoms with E-state index >= 15 is 0 Å². The summed E-state index contributed by atoms with van der Waals surface area (Å²) in [6.45, 7) is 1.89. The molecule has 0 aliphatic rings. The predicted molar refractivity (Wildman–Crippen MR) is 67.1 cm³/mol. The predicted octanol–water partition coefficient (Wildman–Crippen LogP) is 4.08. The molecule has 0 unspecified atom stereocenters. The lowest BCUT2D eigenvalue weighted by atomic mass is 10.0. The number of aryl methyl sites for hydroxylation is 1. The maximum absolute atomic E-state index is 13.5. The topological polar surface area (TPSA) is 20.2 Å². The van der Waals surface area contributed by atoms with Crippen LogP contribution in [0.1, 0.15) is 16.7 Å². The summed E-state index contributed by atoms with van der Waals surface area (Å²) in [5, 5.41) is 9.99. The Morgan fingerprint density at radius 1 is 1.18 bits per heavy atom. The molecule has 0 atom stereocenters. The van der Waals surface area contributed by atoms with Crippen molar-refractivity contribution in [2.75, 3.05) is 0 Å².